The number of carbonyl (C=O) groups is 1. The van der Waals surface area contributed by atoms with Crippen molar-refractivity contribution in [2.24, 2.45) is 17.6 Å². The molecule has 0 spiro atoms. The molecule has 1 saturated heterocycles. The molecule has 1 unspecified atom stereocenters. The zero-order chi connectivity index (χ0) is 14.1. The number of nitrogens with zero attached hydrogens (tertiary/aromatic N) is 3. The van der Waals surface area contributed by atoms with E-state index in [1.165, 1.54) is 0 Å². The van der Waals surface area contributed by atoms with Crippen LogP contribution in [0.5, 0.6) is 0 Å². The normalized spacial score (nSPS) is 29.5. The first-order valence-corrected chi connectivity index (χ1v) is 7.63. The minimum absolute atomic E-state index is 0.0356. The lowest BCUT2D eigenvalue weighted by atomic mass is 9.79. The molecule has 2 aliphatic rings. The van der Waals surface area contributed by atoms with Gasteiger partial charge in [-0.3, -0.25) is 9.89 Å². The van der Waals surface area contributed by atoms with Gasteiger partial charge in [0, 0.05) is 25.6 Å². The van der Waals surface area contributed by atoms with E-state index in [-0.39, 0.29) is 5.91 Å². The van der Waals surface area contributed by atoms with Crippen LogP contribution in [-0.4, -0.2) is 45.1 Å². The van der Waals surface area contributed by atoms with Gasteiger partial charge in [0.2, 0.25) is 5.82 Å². The van der Waals surface area contributed by atoms with Crippen molar-refractivity contribution in [3.63, 3.8) is 0 Å². The average molecular weight is 277 g/mol. The number of aryl methyl sites for hydroxylation is 1. The van der Waals surface area contributed by atoms with E-state index in [4.69, 9.17) is 5.73 Å². The number of aromatic nitrogens is 3. The topological polar surface area (TPSA) is 87.9 Å². The Morgan fingerprint density at radius 2 is 2.20 bits per heavy atom. The molecule has 2 heterocycles. The molecule has 6 heteroatoms. The van der Waals surface area contributed by atoms with E-state index >= 15 is 0 Å². The third kappa shape index (κ3) is 2.57. The van der Waals surface area contributed by atoms with Gasteiger partial charge in [-0.05, 0) is 37.5 Å². The summed E-state index contributed by atoms with van der Waals surface area (Å²) in [4.78, 5) is 18.6. The first-order valence-electron chi connectivity index (χ1n) is 7.63. The third-order valence-corrected chi connectivity index (χ3v) is 4.59. The van der Waals surface area contributed by atoms with E-state index in [0.29, 0.717) is 23.7 Å². The number of carbonyl (C=O) groups excluding carboxylic acids is 1. The summed E-state index contributed by atoms with van der Waals surface area (Å²) in [7, 11) is 0. The summed E-state index contributed by atoms with van der Waals surface area (Å²) in [6.45, 7) is 3.74. The number of H-pyrrole nitrogens is 1. The number of fused-ring (bicyclic) bond motifs is 1. The van der Waals surface area contributed by atoms with Crippen molar-refractivity contribution in [1.29, 1.82) is 0 Å². The fraction of sp³-hybridized carbons (Fsp3) is 0.786. The van der Waals surface area contributed by atoms with Crippen LogP contribution in [0.2, 0.25) is 0 Å². The van der Waals surface area contributed by atoms with E-state index in [1.54, 1.807) is 0 Å². The largest absolute Gasteiger partial charge is 0.335 e. The standard InChI is InChI=1S/C14H23N5O/c1-2-3-12-16-13(18-17-12)14(20)19-7-9-4-5-11(15)6-10(9)8-19/h9-11H,2-8,15H2,1H3,(H,16,17,18)/t9-,10+,11?/m1/s1. The predicted molar refractivity (Wildman–Crippen MR) is 75.1 cm³/mol. The molecule has 20 heavy (non-hydrogen) atoms. The van der Waals surface area contributed by atoms with Crippen LogP contribution in [0.3, 0.4) is 0 Å². The quantitative estimate of drug-likeness (QED) is 0.861. The smallest absolute Gasteiger partial charge is 0.293 e. The minimum Gasteiger partial charge on any atom is -0.335 e. The van der Waals surface area contributed by atoms with E-state index in [2.05, 4.69) is 22.1 Å². The highest BCUT2D eigenvalue weighted by Gasteiger charge is 2.39. The average Bonchev–Trinajstić information content (AvgIpc) is 3.04. The molecule has 1 aromatic rings. The first kappa shape index (κ1) is 13.5. The maximum Gasteiger partial charge on any atom is 0.293 e. The highest BCUT2D eigenvalue weighted by atomic mass is 16.2. The molecule has 0 aromatic carbocycles. The number of hydrogen-bond donors (Lipinski definition) is 2. The lowest BCUT2D eigenvalue weighted by molar-refractivity contribution is 0.0772. The van der Waals surface area contributed by atoms with Gasteiger partial charge in [-0.1, -0.05) is 6.92 Å². The van der Waals surface area contributed by atoms with E-state index in [9.17, 15) is 4.79 Å². The second-order valence-corrected chi connectivity index (χ2v) is 6.16. The van der Waals surface area contributed by atoms with Crippen LogP contribution in [0.25, 0.3) is 0 Å². The van der Waals surface area contributed by atoms with Crippen molar-refractivity contribution in [2.75, 3.05) is 13.1 Å². The molecule has 1 aliphatic heterocycles. The lowest BCUT2D eigenvalue weighted by Crippen LogP contribution is -2.32. The summed E-state index contributed by atoms with van der Waals surface area (Å²) in [5.41, 5.74) is 6.03. The van der Waals surface area contributed by atoms with Gasteiger partial charge in [-0.2, -0.15) is 0 Å². The number of rotatable bonds is 3. The molecule has 3 N–H and O–H groups in total. The van der Waals surface area contributed by atoms with Crippen LogP contribution in [0.1, 0.15) is 49.1 Å². The van der Waals surface area contributed by atoms with Crippen LogP contribution in [0.4, 0.5) is 0 Å². The van der Waals surface area contributed by atoms with Crippen molar-refractivity contribution in [3.8, 4) is 0 Å². The van der Waals surface area contributed by atoms with Gasteiger partial charge in [0.25, 0.3) is 5.91 Å². The lowest BCUT2D eigenvalue weighted by Gasteiger charge is -2.27. The third-order valence-electron chi connectivity index (χ3n) is 4.59. The zero-order valence-corrected chi connectivity index (χ0v) is 12.0. The maximum absolute atomic E-state index is 12.4. The number of hydrogen-bond acceptors (Lipinski definition) is 4. The van der Waals surface area contributed by atoms with Crippen molar-refractivity contribution >= 4 is 5.91 Å². The van der Waals surface area contributed by atoms with Crippen molar-refractivity contribution in [1.82, 2.24) is 20.1 Å². The molecular weight excluding hydrogens is 254 g/mol. The van der Waals surface area contributed by atoms with Crippen LogP contribution >= 0.6 is 0 Å². The summed E-state index contributed by atoms with van der Waals surface area (Å²) in [6, 6.07) is 0.311. The maximum atomic E-state index is 12.4. The second kappa shape index (κ2) is 5.52. The molecule has 1 amide bonds. The highest BCUT2D eigenvalue weighted by Crippen LogP contribution is 2.35. The molecule has 0 radical (unpaired) electrons. The molecule has 1 aromatic heterocycles. The van der Waals surface area contributed by atoms with Crippen molar-refractivity contribution < 1.29 is 4.79 Å². The summed E-state index contributed by atoms with van der Waals surface area (Å²) in [5.74, 6) is 2.27. The molecule has 0 bridgehead atoms. The van der Waals surface area contributed by atoms with Gasteiger partial charge in [0.1, 0.15) is 5.82 Å². The summed E-state index contributed by atoms with van der Waals surface area (Å²) in [5, 5.41) is 6.91. The molecule has 110 valence electrons. The van der Waals surface area contributed by atoms with Crippen LogP contribution in [-0.2, 0) is 6.42 Å². The molecule has 3 rings (SSSR count). The fourth-order valence-electron chi connectivity index (χ4n) is 3.51. The van der Waals surface area contributed by atoms with Gasteiger partial charge < -0.3 is 10.6 Å². The Bertz CT molecular complexity index is 486. The Morgan fingerprint density at radius 3 is 3.00 bits per heavy atom. The van der Waals surface area contributed by atoms with Gasteiger partial charge in [-0.25, -0.2) is 4.98 Å². The van der Waals surface area contributed by atoms with E-state index in [1.807, 2.05) is 4.90 Å². The number of aromatic amines is 1. The van der Waals surface area contributed by atoms with Gasteiger partial charge in [0.05, 0.1) is 0 Å². The Morgan fingerprint density at radius 1 is 1.40 bits per heavy atom. The Balaban J connectivity index is 1.65. The van der Waals surface area contributed by atoms with Crippen molar-refractivity contribution in [2.45, 2.75) is 45.1 Å². The Hall–Kier alpha value is -1.43. The molecule has 2 fully saturated rings. The Kier molecular flexibility index (Phi) is 3.74. The van der Waals surface area contributed by atoms with Crippen LogP contribution in [0.15, 0.2) is 0 Å². The van der Waals surface area contributed by atoms with Gasteiger partial charge in [0.15, 0.2) is 0 Å². The predicted octanol–water partition coefficient (Wildman–Crippen LogP) is 0.957. The Labute approximate surface area is 119 Å². The van der Waals surface area contributed by atoms with Gasteiger partial charge in [-0.15, -0.1) is 5.10 Å². The summed E-state index contributed by atoms with van der Waals surface area (Å²) in [6.07, 6.45) is 5.10. The molecule has 1 saturated carbocycles. The van der Waals surface area contributed by atoms with Crippen molar-refractivity contribution in [3.05, 3.63) is 11.6 Å². The van der Waals surface area contributed by atoms with Crippen LogP contribution in [0, 0.1) is 11.8 Å². The first-order chi connectivity index (χ1) is 9.67. The number of nitrogens with one attached hydrogen (secondary N) is 1. The van der Waals surface area contributed by atoms with E-state index < -0.39 is 0 Å². The van der Waals surface area contributed by atoms with E-state index in [0.717, 1.165) is 51.0 Å². The number of amides is 1. The zero-order valence-electron chi connectivity index (χ0n) is 12.0. The number of likely N-dealkylation sites (tertiary alicyclic amines) is 1. The summed E-state index contributed by atoms with van der Waals surface area (Å²) >= 11 is 0. The molecular formula is C14H23N5O. The molecule has 3 atom stereocenters. The molecule has 1 aliphatic carbocycles. The SMILES string of the molecule is CCCc1nc(C(=O)N2C[C@H]3CCC(N)C[C@H]3C2)n[nH]1. The second-order valence-electron chi connectivity index (χ2n) is 6.16. The molecule has 6 nitrogen and oxygen atoms in total. The highest BCUT2D eigenvalue weighted by molar-refractivity contribution is 5.90. The fourth-order valence-corrected chi connectivity index (χ4v) is 3.51. The number of nitrogens with two attached hydrogens (primary N) is 1. The minimum atomic E-state index is -0.0356. The van der Waals surface area contributed by atoms with Gasteiger partial charge >= 0.3 is 0 Å². The monoisotopic (exact) mass is 277 g/mol. The summed E-state index contributed by atoms with van der Waals surface area (Å²) < 4.78 is 0. The van der Waals surface area contributed by atoms with Crippen LogP contribution < -0.4 is 5.73 Å².